The van der Waals surface area contributed by atoms with E-state index in [2.05, 4.69) is 22.5 Å². The summed E-state index contributed by atoms with van der Waals surface area (Å²) in [5.74, 6) is 0.137. The molecule has 0 radical (unpaired) electrons. The molecule has 1 aromatic heterocycles. The fourth-order valence-corrected chi connectivity index (χ4v) is 3.50. The third-order valence-corrected chi connectivity index (χ3v) is 4.95. The van der Waals surface area contributed by atoms with Gasteiger partial charge >= 0.3 is 0 Å². The first-order valence-electron chi connectivity index (χ1n) is 9.46. The fourth-order valence-electron chi connectivity index (χ4n) is 3.50. The summed E-state index contributed by atoms with van der Waals surface area (Å²) in [7, 11) is 0. The lowest BCUT2D eigenvalue weighted by Gasteiger charge is -2.24. The second kappa shape index (κ2) is 8.18. The van der Waals surface area contributed by atoms with Gasteiger partial charge in [0.1, 0.15) is 0 Å². The SMILES string of the molecule is O=C(Cc1ccn(-c2ccccc2)n1)N1CCCNC(c2ccccc2)C1. The van der Waals surface area contributed by atoms with Crippen molar-refractivity contribution in [2.75, 3.05) is 19.6 Å². The van der Waals surface area contributed by atoms with Crippen molar-refractivity contribution in [1.82, 2.24) is 20.0 Å². The first kappa shape index (κ1) is 17.5. The molecule has 1 amide bonds. The lowest BCUT2D eigenvalue weighted by Crippen LogP contribution is -2.37. The van der Waals surface area contributed by atoms with Crippen molar-refractivity contribution in [3.8, 4) is 5.69 Å². The largest absolute Gasteiger partial charge is 0.340 e. The normalized spacial score (nSPS) is 17.5. The standard InChI is InChI=1S/C22H24N4O/c27-22(16-19-12-15-26(24-19)20-10-5-2-6-11-20)25-14-7-13-23-21(17-25)18-8-3-1-4-9-18/h1-6,8-12,15,21,23H,7,13-14,16-17H2. The van der Waals surface area contributed by atoms with Crippen molar-refractivity contribution in [3.05, 3.63) is 84.2 Å². The Labute approximate surface area is 159 Å². The summed E-state index contributed by atoms with van der Waals surface area (Å²) in [6.45, 7) is 2.41. The molecule has 1 unspecified atom stereocenters. The zero-order chi connectivity index (χ0) is 18.5. The maximum atomic E-state index is 12.9. The van der Waals surface area contributed by atoms with Crippen LogP contribution in [0.4, 0.5) is 0 Å². The van der Waals surface area contributed by atoms with Crippen LogP contribution in [0.25, 0.3) is 5.69 Å². The molecule has 5 heteroatoms. The van der Waals surface area contributed by atoms with Crippen LogP contribution in [0.3, 0.4) is 0 Å². The highest BCUT2D eigenvalue weighted by molar-refractivity contribution is 5.78. The third-order valence-electron chi connectivity index (χ3n) is 4.95. The molecule has 1 aliphatic rings. The molecule has 2 heterocycles. The number of hydrogen-bond donors (Lipinski definition) is 1. The number of amides is 1. The van der Waals surface area contributed by atoms with Crippen molar-refractivity contribution < 1.29 is 4.79 Å². The van der Waals surface area contributed by atoms with Gasteiger partial charge < -0.3 is 10.2 Å². The molecular formula is C22H24N4O. The molecule has 3 aromatic rings. The van der Waals surface area contributed by atoms with Crippen molar-refractivity contribution in [3.63, 3.8) is 0 Å². The van der Waals surface area contributed by atoms with Gasteiger partial charge in [0.15, 0.2) is 0 Å². The van der Waals surface area contributed by atoms with E-state index in [9.17, 15) is 4.79 Å². The van der Waals surface area contributed by atoms with E-state index in [1.165, 1.54) is 5.56 Å². The van der Waals surface area contributed by atoms with E-state index < -0.39 is 0 Å². The molecular weight excluding hydrogens is 336 g/mol. The molecule has 1 atom stereocenters. The van der Waals surface area contributed by atoms with Crippen molar-refractivity contribution >= 4 is 5.91 Å². The molecule has 0 spiro atoms. The number of hydrogen-bond acceptors (Lipinski definition) is 3. The van der Waals surface area contributed by atoms with E-state index in [1.54, 1.807) is 0 Å². The molecule has 0 bridgehead atoms. The molecule has 0 aliphatic carbocycles. The molecule has 4 rings (SSSR count). The predicted molar refractivity (Wildman–Crippen MR) is 106 cm³/mol. The van der Waals surface area contributed by atoms with Crippen LogP contribution < -0.4 is 5.32 Å². The number of carbonyl (C=O) groups excluding carboxylic acids is 1. The third kappa shape index (κ3) is 4.26. The minimum absolute atomic E-state index is 0.137. The Hall–Kier alpha value is -2.92. The van der Waals surface area contributed by atoms with Crippen LogP contribution in [-0.2, 0) is 11.2 Å². The van der Waals surface area contributed by atoms with Gasteiger partial charge in [-0.25, -0.2) is 4.68 Å². The maximum absolute atomic E-state index is 12.9. The van der Waals surface area contributed by atoms with E-state index in [1.807, 2.05) is 70.4 Å². The minimum atomic E-state index is 0.137. The summed E-state index contributed by atoms with van der Waals surface area (Å²) >= 11 is 0. The average Bonchev–Trinajstić information content (AvgIpc) is 3.04. The second-order valence-electron chi connectivity index (χ2n) is 6.87. The van der Waals surface area contributed by atoms with Crippen LogP contribution in [0.5, 0.6) is 0 Å². The average molecular weight is 360 g/mol. The fraction of sp³-hybridized carbons (Fsp3) is 0.273. The number of benzene rings is 2. The maximum Gasteiger partial charge on any atom is 0.228 e. The van der Waals surface area contributed by atoms with E-state index in [0.29, 0.717) is 13.0 Å². The summed E-state index contributed by atoms with van der Waals surface area (Å²) in [6.07, 6.45) is 3.21. The van der Waals surface area contributed by atoms with Crippen LogP contribution >= 0.6 is 0 Å². The highest BCUT2D eigenvalue weighted by Gasteiger charge is 2.23. The molecule has 138 valence electrons. The van der Waals surface area contributed by atoms with Crippen molar-refractivity contribution in [1.29, 1.82) is 0 Å². The van der Waals surface area contributed by atoms with Gasteiger partial charge in [-0.05, 0) is 36.7 Å². The van der Waals surface area contributed by atoms with Gasteiger partial charge in [-0.3, -0.25) is 4.79 Å². The number of para-hydroxylation sites is 1. The van der Waals surface area contributed by atoms with E-state index in [4.69, 9.17) is 0 Å². The second-order valence-corrected chi connectivity index (χ2v) is 6.87. The molecule has 0 saturated carbocycles. The van der Waals surface area contributed by atoms with Gasteiger partial charge in [0, 0.05) is 25.3 Å². The first-order valence-corrected chi connectivity index (χ1v) is 9.46. The lowest BCUT2D eigenvalue weighted by molar-refractivity contribution is -0.130. The van der Waals surface area contributed by atoms with Crippen molar-refractivity contribution in [2.24, 2.45) is 0 Å². The van der Waals surface area contributed by atoms with Gasteiger partial charge in [-0.15, -0.1) is 0 Å². The Bertz CT molecular complexity index is 876. The van der Waals surface area contributed by atoms with E-state index in [-0.39, 0.29) is 11.9 Å². The van der Waals surface area contributed by atoms with Crippen LogP contribution in [0.2, 0.25) is 0 Å². The van der Waals surface area contributed by atoms with Crippen LogP contribution in [0.15, 0.2) is 72.9 Å². The summed E-state index contributed by atoms with van der Waals surface area (Å²) in [5, 5.41) is 8.13. The minimum Gasteiger partial charge on any atom is -0.340 e. The van der Waals surface area contributed by atoms with E-state index >= 15 is 0 Å². The van der Waals surface area contributed by atoms with Gasteiger partial charge in [-0.2, -0.15) is 5.10 Å². The first-order chi connectivity index (χ1) is 13.3. The monoisotopic (exact) mass is 360 g/mol. The Balaban J connectivity index is 1.43. The number of nitrogens with one attached hydrogen (secondary N) is 1. The number of rotatable bonds is 4. The molecule has 5 nitrogen and oxygen atoms in total. The smallest absolute Gasteiger partial charge is 0.228 e. The Morgan fingerprint density at radius 1 is 1.04 bits per heavy atom. The topological polar surface area (TPSA) is 50.2 Å². The Kier molecular flexibility index (Phi) is 5.30. The highest BCUT2D eigenvalue weighted by Crippen LogP contribution is 2.18. The Morgan fingerprint density at radius 3 is 2.56 bits per heavy atom. The van der Waals surface area contributed by atoms with Gasteiger partial charge in [0.2, 0.25) is 5.91 Å². The molecule has 1 fully saturated rings. The van der Waals surface area contributed by atoms with Crippen LogP contribution in [0.1, 0.15) is 23.7 Å². The highest BCUT2D eigenvalue weighted by atomic mass is 16.2. The van der Waals surface area contributed by atoms with Crippen LogP contribution in [-0.4, -0.2) is 40.2 Å². The zero-order valence-corrected chi connectivity index (χ0v) is 15.3. The van der Waals surface area contributed by atoms with Gasteiger partial charge in [0.25, 0.3) is 0 Å². The quantitative estimate of drug-likeness (QED) is 0.778. The lowest BCUT2D eigenvalue weighted by atomic mass is 10.1. The number of nitrogens with zero attached hydrogens (tertiary/aromatic N) is 3. The van der Waals surface area contributed by atoms with E-state index in [0.717, 1.165) is 30.9 Å². The van der Waals surface area contributed by atoms with Crippen molar-refractivity contribution in [2.45, 2.75) is 18.9 Å². The number of aromatic nitrogens is 2. The summed E-state index contributed by atoms with van der Waals surface area (Å²) in [6, 6.07) is 22.4. The predicted octanol–water partition coefficient (Wildman–Crippen LogP) is 2.98. The molecule has 1 saturated heterocycles. The Morgan fingerprint density at radius 2 is 1.78 bits per heavy atom. The van der Waals surface area contributed by atoms with Gasteiger partial charge in [0.05, 0.1) is 17.8 Å². The summed E-state index contributed by atoms with van der Waals surface area (Å²) < 4.78 is 1.82. The summed E-state index contributed by atoms with van der Waals surface area (Å²) in [5.41, 5.74) is 3.03. The number of carbonyl (C=O) groups is 1. The zero-order valence-electron chi connectivity index (χ0n) is 15.3. The van der Waals surface area contributed by atoms with Gasteiger partial charge in [-0.1, -0.05) is 48.5 Å². The molecule has 1 N–H and O–H groups in total. The molecule has 27 heavy (non-hydrogen) atoms. The van der Waals surface area contributed by atoms with Crippen LogP contribution in [0, 0.1) is 0 Å². The summed E-state index contributed by atoms with van der Waals surface area (Å²) in [4.78, 5) is 14.9. The molecule has 1 aliphatic heterocycles. The molecule has 2 aromatic carbocycles.